The van der Waals surface area contributed by atoms with Crippen LogP contribution in [0.3, 0.4) is 0 Å². The number of nitrogens with zero attached hydrogens (tertiary/aromatic N) is 1. The number of piperazine rings is 1. The van der Waals surface area contributed by atoms with E-state index in [-0.39, 0.29) is 0 Å². The van der Waals surface area contributed by atoms with Crippen LogP contribution in [0, 0.1) is 0 Å². The number of benzene rings is 2. The van der Waals surface area contributed by atoms with Crippen molar-refractivity contribution in [2.75, 3.05) is 38.5 Å². The molecule has 1 saturated heterocycles. The van der Waals surface area contributed by atoms with Crippen LogP contribution in [-0.4, -0.2) is 38.1 Å². The summed E-state index contributed by atoms with van der Waals surface area (Å²) in [5, 5.41) is 6.75. The van der Waals surface area contributed by atoms with Crippen LogP contribution in [-0.2, 0) is 0 Å². The summed E-state index contributed by atoms with van der Waals surface area (Å²) < 4.78 is 0. The Balaban J connectivity index is 1.75. The lowest BCUT2D eigenvalue weighted by Gasteiger charge is -2.44. The summed E-state index contributed by atoms with van der Waals surface area (Å²) in [6, 6.07) is 18.4. The number of nitrogens with one attached hydrogen (secondary N) is 2. The van der Waals surface area contributed by atoms with Gasteiger partial charge in [0.25, 0.3) is 0 Å². The number of fused-ring (bicyclic) bond motifs is 3. The molecule has 4 rings (SSSR count). The highest BCUT2D eigenvalue weighted by Crippen LogP contribution is 2.39. The molecular weight excluding hydrogens is 270 g/mol. The van der Waals surface area contributed by atoms with Crippen molar-refractivity contribution in [1.29, 1.82) is 0 Å². The third-order valence-electron chi connectivity index (χ3n) is 5.10. The molecule has 2 atom stereocenters. The molecule has 3 nitrogen and oxygen atoms in total. The Labute approximate surface area is 132 Å². The molecule has 2 aromatic carbocycles. The van der Waals surface area contributed by atoms with Gasteiger partial charge in [-0.05, 0) is 28.8 Å². The maximum absolute atomic E-state index is 3.54. The smallest absolute Gasteiger partial charge is 0.0476 e. The second kappa shape index (κ2) is 5.75. The number of hydrogen-bond acceptors (Lipinski definition) is 3. The molecule has 2 aliphatic heterocycles. The molecule has 0 unspecified atom stereocenters. The van der Waals surface area contributed by atoms with Crippen molar-refractivity contribution in [2.24, 2.45) is 0 Å². The van der Waals surface area contributed by atoms with Crippen LogP contribution in [0.15, 0.2) is 48.5 Å². The van der Waals surface area contributed by atoms with Gasteiger partial charge >= 0.3 is 0 Å². The summed E-state index contributed by atoms with van der Waals surface area (Å²) in [5.74, 6) is 0.483. The minimum Gasteiger partial charge on any atom is -0.388 e. The topological polar surface area (TPSA) is 27.3 Å². The fraction of sp³-hybridized carbons (Fsp3) is 0.368. The maximum atomic E-state index is 3.54. The summed E-state index contributed by atoms with van der Waals surface area (Å²) >= 11 is 0. The monoisotopic (exact) mass is 293 g/mol. The predicted octanol–water partition coefficient (Wildman–Crippen LogP) is 2.82. The Morgan fingerprint density at radius 3 is 2.59 bits per heavy atom. The van der Waals surface area contributed by atoms with E-state index in [1.165, 1.54) is 22.4 Å². The van der Waals surface area contributed by atoms with E-state index >= 15 is 0 Å². The summed E-state index contributed by atoms with van der Waals surface area (Å²) in [5.41, 5.74) is 5.60. The molecule has 0 spiro atoms. The Morgan fingerprint density at radius 2 is 1.82 bits per heavy atom. The van der Waals surface area contributed by atoms with Crippen molar-refractivity contribution < 1.29 is 0 Å². The van der Waals surface area contributed by atoms with E-state index in [1.807, 2.05) is 7.05 Å². The first kappa shape index (κ1) is 13.8. The van der Waals surface area contributed by atoms with Gasteiger partial charge < -0.3 is 10.6 Å². The summed E-state index contributed by atoms with van der Waals surface area (Å²) in [7, 11) is 1.97. The van der Waals surface area contributed by atoms with Crippen LogP contribution in [0.1, 0.15) is 28.7 Å². The lowest BCUT2D eigenvalue weighted by atomic mass is 9.81. The quantitative estimate of drug-likeness (QED) is 0.891. The van der Waals surface area contributed by atoms with E-state index in [9.17, 15) is 0 Å². The highest BCUT2D eigenvalue weighted by atomic mass is 15.2. The molecule has 0 amide bonds. The van der Waals surface area contributed by atoms with E-state index in [0.717, 1.165) is 26.2 Å². The zero-order chi connectivity index (χ0) is 14.9. The zero-order valence-electron chi connectivity index (χ0n) is 13.0. The van der Waals surface area contributed by atoms with Crippen molar-refractivity contribution in [3.05, 3.63) is 65.2 Å². The van der Waals surface area contributed by atoms with Crippen LogP contribution in [0.5, 0.6) is 0 Å². The highest BCUT2D eigenvalue weighted by Gasteiger charge is 2.34. The Bertz CT molecular complexity index is 650. The number of anilines is 1. The zero-order valence-corrected chi connectivity index (χ0v) is 13.0. The normalized spacial score (nSPS) is 24.4. The third-order valence-corrected chi connectivity index (χ3v) is 5.10. The molecule has 114 valence electrons. The maximum Gasteiger partial charge on any atom is 0.0476 e. The first-order valence-electron chi connectivity index (χ1n) is 8.18. The van der Waals surface area contributed by atoms with E-state index in [1.54, 1.807) is 0 Å². The van der Waals surface area contributed by atoms with E-state index in [2.05, 4.69) is 64.1 Å². The van der Waals surface area contributed by atoms with Gasteiger partial charge in [-0.1, -0.05) is 36.4 Å². The standard InChI is InChI=1S/C19H23N3/c1-20-15-8-6-14(7-9-15)18-13-22-11-10-21-12-19(22)17-5-3-2-4-16(17)18/h2-9,18-21H,10-13H2,1H3/t18-,19+/m0/s1. The van der Waals surface area contributed by atoms with Crippen molar-refractivity contribution in [3.63, 3.8) is 0 Å². The first-order valence-corrected chi connectivity index (χ1v) is 8.18. The van der Waals surface area contributed by atoms with E-state index < -0.39 is 0 Å². The molecule has 1 fully saturated rings. The molecule has 0 radical (unpaired) electrons. The summed E-state index contributed by atoms with van der Waals surface area (Å²) in [4.78, 5) is 2.65. The largest absolute Gasteiger partial charge is 0.388 e. The molecule has 0 aromatic heterocycles. The SMILES string of the molecule is CNc1ccc([C@@H]2CN3CCNC[C@@H]3c3ccccc32)cc1. The fourth-order valence-electron chi connectivity index (χ4n) is 3.90. The van der Waals surface area contributed by atoms with Crippen LogP contribution >= 0.6 is 0 Å². The molecule has 2 aromatic rings. The molecule has 0 aliphatic carbocycles. The van der Waals surface area contributed by atoms with Crippen molar-refractivity contribution in [1.82, 2.24) is 10.2 Å². The molecule has 0 bridgehead atoms. The van der Waals surface area contributed by atoms with Gasteiger partial charge in [0, 0.05) is 50.9 Å². The fourth-order valence-corrected chi connectivity index (χ4v) is 3.90. The van der Waals surface area contributed by atoms with Gasteiger partial charge in [0.1, 0.15) is 0 Å². The van der Waals surface area contributed by atoms with Crippen LogP contribution < -0.4 is 10.6 Å². The third kappa shape index (κ3) is 2.31. The van der Waals surface area contributed by atoms with Gasteiger partial charge in [-0.3, -0.25) is 4.90 Å². The van der Waals surface area contributed by atoms with Gasteiger partial charge in [0.2, 0.25) is 0 Å². The molecule has 22 heavy (non-hydrogen) atoms. The molecule has 0 saturated carbocycles. The second-order valence-electron chi connectivity index (χ2n) is 6.27. The Hall–Kier alpha value is -1.84. The van der Waals surface area contributed by atoms with Crippen LogP contribution in [0.25, 0.3) is 0 Å². The molecule has 2 aliphatic rings. The lowest BCUT2D eigenvalue weighted by Crippen LogP contribution is -2.50. The Kier molecular flexibility index (Phi) is 3.60. The van der Waals surface area contributed by atoms with Crippen LogP contribution in [0.2, 0.25) is 0 Å². The van der Waals surface area contributed by atoms with E-state index in [0.29, 0.717) is 12.0 Å². The summed E-state index contributed by atoms with van der Waals surface area (Å²) in [6.45, 7) is 4.44. The van der Waals surface area contributed by atoms with Gasteiger partial charge in [-0.25, -0.2) is 0 Å². The van der Waals surface area contributed by atoms with Crippen molar-refractivity contribution in [3.8, 4) is 0 Å². The van der Waals surface area contributed by atoms with Crippen molar-refractivity contribution >= 4 is 5.69 Å². The highest BCUT2D eigenvalue weighted by molar-refractivity contribution is 5.48. The van der Waals surface area contributed by atoms with E-state index in [4.69, 9.17) is 0 Å². The number of hydrogen-bond donors (Lipinski definition) is 2. The summed E-state index contributed by atoms with van der Waals surface area (Å²) in [6.07, 6.45) is 0. The van der Waals surface area contributed by atoms with Crippen molar-refractivity contribution in [2.45, 2.75) is 12.0 Å². The minimum atomic E-state index is 0.483. The second-order valence-corrected chi connectivity index (χ2v) is 6.27. The minimum absolute atomic E-state index is 0.483. The molecular formula is C19H23N3. The van der Waals surface area contributed by atoms with Gasteiger partial charge in [-0.2, -0.15) is 0 Å². The number of rotatable bonds is 2. The van der Waals surface area contributed by atoms with Gasteiger partial charge in [-0.15, -0.1) is 0 Å². The Morgan fingerprint density at radius 1 is 1.05 bits per heavy atom. The average molecular weight is 293 g/mol. The predicted molar refractivity (Wildman–Crippen MR) is 91.5 cm³/mol. The van der Waals surface area contributed by atoms with Crippen LogP contribution in [0.4, 0.5) is 5.69 Å². The molecule has 3 heteroatoms. The average Bonchev–Trinajstić information content (AvgIpc) is 2.61. The molecule has 2 heterocycles. The molecule has 2 N–H and O–H groups in total. The van der Waals surface area contributed by atoms with Gasteiger partial charge in [0.05, 0.1) is 0 Å². The van der Waals surface area contributed by atoms with Gasteiger partial charge in [0.15, 0.2) is 0 Å². The first-order chi connectivity index (χ1) is 10.9. The lowest BCUT2D eigenvalue weighted by molar-refractivity contribution is 0.143.